The van der Waals surface area contributed by atoms with Crippen LogP contribution in [-0.4, -0.2) is 28.6 Å². The zero-order chi connectivity index (χ0) is 17.5. The molecule has 0 spiro atoms. The molecule has 1 N–H and O–H groups in total. The van der Waals surface area contributed by atoms with Gasteiger partial charge in [0, 0.05) is 23.7 Å². The summed E-state index contributed by atoms with van der Waals surface area (Å²) in [6.07, 6.45) is 0. The van der Waals surface area contributed by atoms with Crippen LogP contribution in [0.4, 0.5) is 0 Å². The fourth-order valence-electron chi connectivity index (χ4n) is 2.51. The molecule has 124 valence electrons. The molecule has 2 aromatic carbocycles. The largest absolute Gasteiger partial charge is 0.384 e. The van der Waals surface area contributed by atoms with Crippen molar-refractivity contribution in [2.75, 3.05) is 6.61 Å². The summed E-state index contributed by atoms with van der Waals surface area (Å²) >= 11 is 0. The Labute approximate surface area is 143 Å². The molecule has 0 atom stereocenters. The van der Waals surface area contributed by atoms with Crippen LogP contribution in [0.1, 0.15) is 40.9 Å². The van der Waals surface area contributed by atoms with E-state index in [0.717, 1.165) is 16.7 Å². The van der Waals surface area contributed by atoms with Crippen LogP contribution in [0.3, 0.4) is 0 Å². The first-order valence-corrected chi connectivity index (χ1v) is 8.08. The average molecular weight is 321 g/mol. The van der Waals surface area contributed by atoms with Crippen molar-refractivity contribution in [1.82, 2.24) is 4.90 Å². The molecule has 0 saturated carbocycles. The van der Waals surface area contributed by atoms with Crippen LogP contribution in [0.25, 0.3) is 0 Å². The fraction of sp³-hybridized carbons (Fsp3) is 0.286. The monoisotopic (exact) mass is 321 g/mol. The molecule has 0 aliphatic heterocycles. The average Bonchev–Trinajstić information content (AvgIpc) is 2.58. The summed E-state index contributed by atoms with van der Waals surface area (Å²) in [7, 11) is 0. The van der Waals surface area contributed by atoms with Crippen molar-refractivity contribution in [2.45, 2.75) is 33.4 Å². The lowest BCUT2D eigenvalue weighted by Gasteiger charge is -2.27. The van der Waals surface area contributed by atoms with Crippen LogP contribution in [0.5, 0.6) is 0 Å². The van der Waals surface area contributed by atoms with Gasteiger partial charge in [-0.3, -0.25) is 4.79 Å². The van der Waals surface area contributed by atoms with E-state index in [2.05, 4.69) is 11.8 Å². The summed E-state index contributed by atoms with van der Waals surface area (Å²) in [5.41, 5.74) is 3.54. The lowest BCUT2D eigenvalue weighted by Crippen LogP contribution is -2.36. The van der Waals surface area contributed by atoms with Crippen molar-refractivity contribution in [3.63, 3.8) is 0 Å². The molecule has 0 aliphatic rings. The Hall–Kier alpha value is -2.57. The Bertz CT molecular complexity index is 754. The van der Waals surface area contributed by atoms with Gasteiger partial charge in [0.05, 0.1) is 0 Å². The van der Waals surface area contributed by atoms with Gasteiger partial charge >= 0.3 is 0 Å². The number of aryl methyl sites for hydroxylation is 1. The van der Waals surface area contributed by atoms with Gasteiger partial charge in [-0.25, -0.2) is 0 Å². The molecule has 3 nitrogen and oxygen atoms in total. The lowest BCUT2D eigenvalue weighted by atomic mass is 10.0. The molecular formula is C21H23NO2. The first-order chi connectivity index (χ1) is 11.5. The molecule has 2 rings (SSSR count). The van der Waals surface area contributed by atoms with Crippen molar-refractivity contribution in [2.24, 2.45) is 0 Å². The zero-order valence-electron chi connectivity index (χ0n) is 14.4. The van der Waals surface area contributed by atoms with Gasteiger partial charge in [0.15, 0.2) is 0 Å². The fourth-order valence-corrected chi connectivity index (χ4v) is 2.51. The van der Waals surface area contributed by atoms with E-state index in [1.165, 1.54) is 0 Å². The number of hydrogen-bond acceptors (Lipinski definition) is 2. The Morgan fingerprint density at radius 1 is 1.17 bits per heavy atom. The van der Waals surface area contributed by atoms with Gasteiger partial charge in [0.2, 0.25) is 0 Å². The summed E-state index contributed by atoms with van der Waals surface area (Å²) in [6, 6.07) is 15.6. The van der Waals surface area contributed by atoms with Crippen LogP contribution in [0.15, 0.2) is 48.5 Å². The highest BCUT2D eigenvalue weighted by Crippen LogP contribution is 2.16. The molecule has 0 unspecified atom stereocenters. The van der Waals surface area contributed by atoms with E-state index in [0.29, 0.717) is 12.1 Å². The Morgan fingerprint density at radius 2 is 1.88 bits per heavy atom. The summed E-state index contributed by atoms with van der Waals surface area (Å²) in [5.74, 6) is 5.55. The van der Waals surface area contributed by atoms with Gasteiger partial charge in [-0.05, 0) is 50.1 Å². The van der Waals surface area contributed by atoms with Crippen molar-refractivity contribution in [1.29, 1.82) is 0 Å². The Balaban J connectivity index is 2.25. The molecule has 0 bridgehead atoms. The number of carbonyl (C=O) groups excluding carboxylic acids is 1. The van der Waals surface area contributed by atoms with Gasteiger partial charge < -0.3 is 10.0 Å². The third kappa shape index (κ3) is 4.47. The number of benzene rings is 2. The topological polar surface area (TPSA) is 40.5 Å². The summed E-state index contributed by atoms with van der Waals surface area (Å²) in [5, 5.41) is 8.80. The molecule has 3 heteroatoms. The number of aliphatic hydroxyl groups excluding tert-OH is 1. The number of hydrogen-bond donors (Lipinski definition) is 1. The van der Waals surface area contributed by atoms with Crippen LogP contribution in [0, 0.1) is 18.8 Å². The first kappa shape index (κ1) is 17.8. The van der Waals surface area contributed by atoms with E-state index >= 15 is 0 Å². The standard InChI is InChI=1S/C21H23NO2/c1-16(2)22(15-18-8-5-4-6-9-18)21(24)20-12-11-19(10-7-13-23)17(3)14-20/h4-6,8-9,11-12,14,16,23H,13,15H2,1-3H3. The number of rotatable bonds is 4. The maximum atomic E-state index is 12.9. The van der Waals surface area contributed by atoms with E-state index < -0.39 is 0 Å². The SMILES string of the molecule is Cc1cc(C(=O)N(Cc2ccccc2)C(C)C)ccc1C#CCO. The van der Waals surface area contributed by atoms with Crippen LogP contribution in [-0.2, 0) is 6.54 Å². The molecule has 0 saturated heterocycles. The van der Waals surface area contributed by atoms with Crippen LogP contribution in [0.2, 0.25) is 0 Å². The predicted molar refractivity (Wildman–Crippen MR) is 96.6 cm³/mol. The maximum absolute atomic E-state index is 12.9. The Morgan fingerprint density at radius 3 is 2.46 bits per heavy atom. The third-order valence-electron chi connectivity index (χ3n) is 3.86. The van der Waals surface area contributed by atoms with E-state index in [9.17, 15) is 4.79 Å². The van der Waals surface area contributed by atoms with E-state index in [4.69, 9.17) is 5.11 Å². The van der Waals surface area contributed by atoms with Crippen molar-refractivity contribution >= 4 is 5.91 Å². The second-order valence-corrected chi connectivity index (χ2v) is 6.00. The van der Waals surface area contributed by atoms with Gasteiger partial charge in [-0.2, -0.15) is 0 Å². The second kappa shape index (κ2) is 8.33. The quantitative estimate of drug-likeness (QED) is 0.877. The summed E-state index contributed by atoms with van der Waals surface area (Å²) in [6.45, 7) is 6.39. The zero-order valence-corrected chi connectivity index (χ0v) is 14.4. The van der Waals surface area contributed by atoms with Crippen LogP contribution >= 0.6 is 0 Å². The first-order valence-electron chi connectivity index (χ1n) is 8.08. The normalized spacial score (nSPS) is 10.2. The smallest absolute Gasteiger partial charge is 0.254 e. The minimum Gasteiger partial charge on any atom is -0.384 e. The van der Waals surface area contributed by atoms with Crippen molar-refractivity contribution in [3.05, 3.63) is 70.8 Å². The Kier molecular flexibility index (Phi) is 6.17. The second-order valence-electron chi connectivity index (χ2n) is 6.00. The molecular weight excluding hydrogens is 298 g/mol. The summed E-state index contributed by atoms with van der Waals surface area (Å²) < 4.78 is 0. The minimum absolute atomic E-state index is 0.0126. The van der Waals surface area contributed by atoms with E-state index in [-0.39, 0.29) is 18.6 Å². The minimum atomic E-state index is -0.168. The number of carbonyl (C=O) groups is 1. The molecule has 0 aromatic heterocycles. The molecule has 2 aromatic rings. The molecule has 0 heterocycles. The molecule has 24 heavy (non-hydrogen) atoms. The highest BCUT2D eigenvalue weighted by atomic mass is 16.2. The van der Waals surface area contributed by atoms with Crippen LogP contribution < -0.4 is 0 Å². The predicted octanol–water partition coefficient (Wildman–Crippen LogP) is 3.39. The van der Waals surface area contributed by atoms with E-state index in [1.54, 1.807) is 6.07 Å². The highest BCUT2D eigenvalue weighted by molar-refractivity contribution is 5.94. The van der Waals surface area contributed by atoms with Crippen molar-refractivity contribution < 1.29 is 9.90 Å². The number of nitrogens with zero attached hydrogens (tertiary/aromatic N) is 1. The lowest BCUT2D eigenvalue weighted by molar-refractivity contribution is 0.0690. The maximum Gasteiger partial charge on any atom is 0.254 e. The number of amides is 1. The molecule has 0 radical (unpaired) electrons. The van der Waals surface area contributed by atoms with Gasteiger partial charge in [-0.1, -0.05) is 42.2 Å². The molecule has 0 fully saturated rings. The number of aliphatic hydroxyl groups is 1. The van der Waals surface area contributed by atoms with Gasteiger partial charge in [0.25, 0.3) is 5.91 Å². The van der Waals surface area contributed by atoms with Gasteiger partial charge in [-0.15, -0.1) is 0 Å². The van der Waals surface area contributed by atoms with Crippen molar-refractivity contribution in [3.8, 4) is 11.8 Å². The third-order valence-corrected chi connectivity index (χ3v) is 3.86. The molecule has 1 amide bonds. The summed E-state index contributed by atoms with van der Waals surface area (Å²) in [4.78, 5) is 14.8. The van der Waals surface area contributed by atoms with E-state index in [1.807, 2.05) is 68.1 Å². The van der Waals surface area contributed by atoms with Gasteiger partial charge in [0.1, 0.15) is 6.61 Å². The highest BCUT2D eigenvalue weighted by Gasteiger charge is 2.19. The molecule has 0 aliphatic carbocycles.